The summed E-state index contributed by atoms with van der Waals surface area (Å²) in [5.74, 6) is 0.524. The Morgan fingerprint density at radius 3 is 2.73 bits per heavy atom. The number of fused-ring (bicyclic) bond motifs is 2. The van der Waals surface area contributed by atoms with Crippen molar-refractivity contribution in [2.45, 2.75) is 26.0 Å². The number of carbonyl (C=O) groups excluding carboxylic acids is 1. The predicted molar refractivity (Wildman–Crippen MR) is 97.1 cm³/mol. The molecule has 0 bridgehead atoms. The highest BCUT2D eigenvalue weighted by Crippen LogP contribution is 2.18. The minimum Gasteiger partial charge on any atom is -0.481 e. The predicted octanol–water partition coefficient (Wildman–Crippen LogP) is 2.05. The Hall–Kier alpha value is -3.15. The number of pyridine rings is 1. The van der Waals surface area contributed by atoms with Crippen LogP contribution >= 0.6 is 0 Å². The molecule has 1 amide bonds. The van der Waals surface area contributed by atoms with E-state index in [1.807, 2.05) is 42.5 Å². The fraction of sp³-hybridized carbons (Fsp3) is 0.250. The minimum atomic E-state index is -0.616. The molecule has 2 aromatic heterocycles. The van der Waals surface area contributed by atoms with Gasteiger partial charge in [-0.05, 0) is 31.2 Å². The standard InChI is InChI=1S/C20H19N3O3/c1-14(26-15-7-3-2-4-8-15)19(24)22-12-10-17-16(13-22)20(25)23-11-6-5-9-18(23)21-17/h2-9,11,14H,10,12-13H2,1H3/t14-/m1/s1. The second-order valence-electron chi connectivity index (χ2n) is 6.35. The molecular weight excluding hydrogens is 330 g/mol. The lowest BCUT2D eigenvalue weighted by atomic mass is 10.1. The van der Waals surface area contributed by atoms with Gasteiger partial charge in [-0.2, -0.15) is 0 Å². The number of nitrogens with zero attached hydrogens (tertiary/aromatic N) is 3. The van der Waals surface area contributed by atoms with E-state index >= 15 is 0 Å². The van der Waals surface area contributed by atoms with Crippen molar-refractivity contribution < 1.29 is 9.53 Å². The third-order valence-corrected chi connectivity index (χ3v) is 4.60. The summed E-state index contributed by atoms with van der Waals surface area (Å²) < 4.78 is 7.25. The van der Waals surface area contributed by atoms with Crippen LogP contribution in [0.5, 0.6) is 5.75 Å². The van der Waals surface area contributed by atoms with Crippen LogP contribution in [0.15, 0.2) is 59.5 Å². The summed E-state index contributed by atoms with van der Waals surface area (Å²) in [5, 5.41) is 0. The largest absolute Gasteiger partial charge is 0.481 e. The first-order chi connectivity index (χ1) is 12.6. The highest BCUT2D eigenvalue weighted by Gasteiger charge is 2.28. The number of carbonyl (C=O) groups is 1. The van der Waals surface area contributed by atoms with Crippen LogP contribution in [0, 0.1) is 0 Å². The van der Waals surface area contributed by atoms with Gasteiger partial charge >= 0.3 is 0 Å². The third-order valence-electron chi connectivity index (χ3n) is 4.60. The average molecular weight is 349 g/mol. The summed E-state index contributed by atoms with van der Waals surface area (Å²) in [6, 6.07) is 14.7. The monoisotopic (exact) mass is 349 g/mol. The first kappa shape index (κ1) is 16.3. The molecule has 26 heavy (non-hydrogen) atoms. The molecule has 0 saturated heterocycles. The van der Waals surface area contributed by atoms with Crippen LogP contribution in [0.2, 0.25) is 0 Å². The van der Waals surface area contributed by atoms with Crippen molar-refractivity contribution in [3.8, 4) is 5.75 Å². The van der Waals surface area contributed by atoms with Crippen molar-refractivity contribution >= 4 is 11.6 Å². The lowest BCUT2D eigenvalue weighted by Gasteiger charge is -2.30. The number of hydrogen-bond acceptors (Lipinski definition) is 4. The number of benzene rings is 1. The van der Waals surface area contributed by atoms with E-state index < -0.39 is 6.10 Å². The zero-order chi connectivity index (χ0) is 18.1. The molecule has 6 heteroatoms. The second kappa shape index (κ2) is 6.63. The zero-order valence-corrected chi connectivity index (χ0v) is 14.5. The average Bonchev–Trinajstić information content (AvgIpc) is 2.68. The lowest BCUT2D eigenvalue weighted by Crippen LogP contribution is -2.45. The van der Waals surface area contributed by atoms with Gasteiger partial charge in [0.15, 0.2) is 6.10 Å². The Kier molecular flexibility index (Phi) is 4.16. The Morgan fingerprint density at radius 2 is 1.92 bits per heavy atom. The van der Waals surface area contributed by atoms with Crippen LogP contribution in [0.25, 0.3) is 5.65 Å². The van der Waals surface area contributed by atoms with Crippen LogP contribution in [-0.4, -0.2) is 32.8 Å². The molecule has 0 radical (unpaired) electrons. The molecule has 1 aliphatic rings. The maximum absolute atomic E-state index is 12.8. The first-order valence-corrected chi connectivity index (χ1v) is 8.63. The summed E-state index contributed by atoms with van der Waals surface area (Å²) in [6.45, 7) is 2.53. The summed E-state index contributed by atoms with van der Waals surface area (Å²) in [4.78, 5) is 31.8. The summed E-state index contributed by atoms with van der Waals surface area (Å²) >= 11 is 0. The molecule has 132 valence electrons. The van der Waals surface area contributed by atoms with Gasteiger partial charge in [-0.1, -0.05) is 24.3 Å². The van der Waals surface area contributed by atoms with E-state index in [2.05, 4.69) is 4.98 Å². The molecule has 3 heterocycles. The highest BCUT2D eigenvalue weighted by atomic mass is 16.5. The lowest BCUT2D eigenvalue weighted by molar-refractivity contribution is -0.138. The molecule has 6 nitrogen and oxygen atoms in total. The Balaban J connectivity index is 1.57. The van der Waals surface area contributed by atoms with Crippen molar-refractivity contribution in [1.82, 2.24) is 14.3 Å². The molecular formula is C20H19N3O3. The van der Waals surface area contributed by atoms with Crippen LogP contribution in [-0.2, 0) is 17.8 Å². The third kappa shape index (κ3) is 2.94. The molecule has 0 spiro atoms. The number of amides is 1. The number of aromatic nitrogens is 2. The minimum absolute atomic E-state index is 0.111. The highest BCUT2D eigenvalue weighted by molar-refractivity contribution is 5.81. The summed E-state index contributed by atoms with van der Waals surface area (Å²) in [7, 11) is 0. The molecule has 0 fully saturated rings. The fourth-order valence-electron chi connectivity index (χ4n) is 3.25. The molecule has 0 N–H and O–H groups in total. The molecule has 1 aromatic carbocycles. The summed E-state index contributed by atoms with van der Waals surface area (Å²) in [6.07, 6.45) is 1.65. The van der Waals surface area contributed by atoms with E-state index in [-0.39, 0.29) is 18.0 Å². The van der Waals surface area contributed by atoms with Gasteiger partial charge < -0.3 is 9.64 Å². The molecule has 3 aromatic rings. The maximum Gasteiger partial charge on any atom is 0.263 e. The van der Waals surface area contributed by atoms with E-state index in [0.29, 0.717) is 29.9 Å². The number of hydrogen-bond donors (Lipinski definition) is 0. The van der Waals surface area contributed by atoms with E-state index in [1.54, 1.807) is 24.1 Å². The Labute approximate surface area is 150 Å². The van der Waals surface area contributed by atoms with Gasteiger partial charge in [0, 0.05) is 19.2 Å². The van der Waals surface area contributed by atoms with Crippen molar-refractivity contribution in [2.24, 2.45) is 0 Å². The normalized spacial score (nSPS) is 14.7. The van der Waals surface area contributed by atoms with Crippen LogP contribution < -0.4 is 10.3 Å². The van der Waals surface area contributed by atoms with Gasteiger partial charge in [0.2, 0.25) is 0 Å². The Bertz CT molecular complexity index is 1010. The quantitative estimate of drug-likeness (QED) is 0.726. The van der Waals surface area contributed by atoms with Gasteiger partial charge in [-0.15, -0.1) is 0 Å². The summed E-state index contributed by atoms with van der Waals surface area (Å²) in [5.41, 5.74) is 1.89. The topological polar surface area (TPSA) is 63.9 Å². The molecule has 0 saturated carbocycles. The van der Waals surface area contributed by atoms with Gasteiger partial charge in [-0.3, -0.25) is 14.0 Å². The van der Waals surface area contributed by atoms with E-state index in [0.717, 1.165) is 5.69 Å². The molecule has 0 unspecified atom stereocenters. The van der Waals surface area contributed by atoms with Crippen molar-refractivity contribution in [2.75, 3.05) is 6.54 Å². The first-order valence-electron chi connectivity index (χ1n) is 8.63. The molecule has 4 rings (SSSR count). The van der Waals surface area contributed by atoms with Gasteiger partial charge in [0.25, 0.3) is 11.5 Å². The van der Waals surface area contributed by atoms with Crippen molar-refractivity contribution in [3.05, 3.63) is 76.3 Å². The number of ether oxygens (including phenoxy) is 1. The fourth-order valence-corrected chi connectivity index (χ4v) is 3.25. The van der Waals surface area contributed by atoms with Gasteiger partial charge in [0.1, 0.15) is 11.4 Å². The zero-order valence-electron chi connectivity index (χ0n) is 14.5. The van der Waals surface area contributed by atoms with Crippen LogP contribution in [0.1, 0.15) is 18.2 Å². The van der Waals surface area contributed by atoms with Gasteiger partial charge in [0.05, 0.1) is 17.8 Å². The smallest absolute Gasteiger partial charge is 0.263 e. The molecule has 1 atom stereocenters. The number of para-hydroxylation sites is 1. The van der Waals surface area contributed by atoms with Gasteiger partial charge in [-0.25, -0.2) is 4.98 Å². The Morgan fingerprint density at radius 1 is 1.15 bits per heavy atom. The SMILES string of the molecule is C[C@@H](Oc1ccccc1)C(=O)N1CCc2nc3ccccn3c(=O)c2C1. The number of rotatable bonds is 3. The molecule has 1 aliphatic heterocycles. The van der Waals surface area contributed by atoms with Crippen molar-refractivity contribution in [1.29, 1.82) is 0 Å². The molecule has 0 aliphatic carbocycles. The van der Waals surface area contributed by atoms with Crippen molar-refractivity contribution in [3.63, 3.8) is 0 Å². The maximum atomic E-state index is 12.8. The van der Waals surface area contributed by atoms with E-state index in [1.165, 1.54) is 4.40 Å². The van der Waals surface area contributed by atoms with E-state index in [9.17, 15) is 9.59 Å². The van der Waals surface area contributed by atoms with Crippen LogP contribution in [0.3, 0.4) is 0 Å². The van der Waals surface area contributed by atoms with E-state index in [4.69, 9.17) is 4.74 Å². The van der Waals surface area contributed by atoms with Crippen LogP contribution in [0.4, 0.5) is 0 Å². The second-order valence-corrected chi connectivity index (χ2v) is 6.35.